The standard InChI is InChI=1S/C29H33N3O3/c1-4-26(22-9-6-5-7-10-22)29(23-12-15-25(33)16-13-23)24-14-17-27(31-21-24)35-20-19-30-18-8-11-28(34)32(2)3/h5-17,21,30,33H,4,18-20H2,1-3H3/b11-8+,29-26-. The van der Waals surface area contributed by atoms with Crippen molar-refractivity contribution < 1.29 is 14.6 Å². The largest absolute Gasteiger partial charge is 0.508 e. The number of phenols is 1. The van der Waals surface area contributed by atoms with Crippen molar-refractivity contribution in [1.82, 2.24) is 15.2 Å². The zero-order chi connectivity index (χ0) is 25.0. The third-order valence-corrected chi connectivity index (χ3v) is 5.45. The summed E-state index contributed by atoms with van der Waals surface area (Å²) < 4.78 is 5.78. The quantitative estimate of drug-likeness (QED) is 0.239. The van der Waals surface area contributed by atoms with Crippen LogP contribution < -0.4 is 10.1 Å². The molecule has 0 spiro atoms. The molecule has 0 saturated heterocycles. The monoisotopic (exact) mass is 471 g/mol. The molecule has 2 N–H and O–H groups in total. The number of benzene rings is 2. The number of pyridine rings is 1. The maximum Gasteiger partial charge on any atom is 0.245 e. The van der Waals surface area contributed by atoms with Crippen LogP contribution in [-0.4, -0.2) is 54.7 Å². The second kappa shape index (κ2) is 13.1. The highest BCUT2D eigenvalue weighted by Gasteiger charge is 2.14. The van der Waals surface area contributed by atoms with E-state index in [1.165, 1.54) is 10.5 Å². The smallest absolute Gasteiger partial charge is 0.245 e. The van der Waals surface area contributed by atoms with Crippen molar-refractivity contribution in [3.63, 3.8) is 0 Å². The molecule has 0 radical (unpaired) electrons. The molecule has 3 rings (SSSR count). The average molecular weight is 472 g/mol. The highest BCUT2D eigenvalue weighted by molar-refractivity contribution is 5.98. The molecule has 0 aliphatic heterocycles. The van der Waals surface area contributed by atoms with E-state index in [2.05, 4.69) is 29.4 Å². The van der Waals surface area contributed by atoms with E-state index < -0.39 is 0 Å². The number of aromatic nitrogens is 1. The molecule has 6 heteroatoms. The molecule has 6 nitrogen and oxygen atoms in total. The zero-order valence-corrected chi connectivity index (χ0v) is 20.6. The van der Waals surface area contributed by atoms with E-state index in [0.29, 0.717) is 25.6 Å². The maximum absolute atomic E-state index is 11.5. The Morgan fingerprint density at radius 1 is 1.00 bits per heavy atom. The summed E-state index contributed by atoms with van der Waals surface area (Å²) in [7, 11) is 3.45. The Hall–Kier alpha value is -3.90. The van der Waals surface area contributed by atoms with E-state index in [-0.39, 0.29) is 11.7 Å². The number of hydrogen-bond donors (Lipinski definition) is 2. The van der Waals surface area contributed by atoms with Crippen LogP contribution in [-0.2, 0) is 4.79 Å². The number of carbonyl (C=O) groups excluding carboxylic acids is 1. The second-order valence-electron chi connectivity index (χ2n) is 8.19. The molecule has 0 aliphatic rings. The lowest BCUT2D eigenvalue weighted by molar-refractivity contribution is -0.123. The van der Waals surface area contributed by atoms with Crippen molar-refractivity contribution in [3.05, 3.63) is 102 Å². The number of ether oxygens (including phenoxy) is 1. The Morgan fingerprint density at radius 2 is 1.71 bits per heavy atom. The number of carbonyl (C=O) groups is 1. The Morgan fingerprint density at radius 3 is 2.34 bits per heavy atom. The molecule has 0 atom stereocenters. The topological polar surface area (TPSA) is 74.7 Å². The highest BCUT2D eigenvalue weighted by Crippen LogP contribution is 2.35. The van der Waals surface area contributed by atoms with Gasteiger partial charge >= 0.3 is 0 Å². The lowest BCUT2D eigenvalue weighted by atomic mass is 9.89. The van der Waals surface area contributed by atoms with Crippen LogP contribution in [0.3, 0.4) is 0 Å². The minimum absolute atomic E-state index is 0.0356. The number of phenolic OH excluding ortho intramolecular Hbond substituents is 1. The van der Waals surface area contributed by atoms with Gasteiger partial charge in [-0.15, -0.1) is 0 Å². The lowest BCUT2D eigenvalue weighted by Gasteiger charge is -2.16. The average Bonchev–Trinajstić information content (AvgIpc) is 2.88. The first-order valence-electron chi connectivity index (χ1n) is 11.7. The van der Waals surface area contributed by atoms with Gasteiger partial charge in [0.15, 0.2) is 0 Å². The molecule has 2 aromatic carbocycles. The molecule has 0 unspecified atom stereocenters. The van der Waals surface area contributed by atoms with Crippen LogP contribution >= 0.6 is 0 Å². The van der Waals surface area contributed by atoms with Crippen LogP contribution in [0.2, 0.25) is 0 Å². The predicted molar refractivity (Wildman–Crippen MR) is 141 cm³/mol. The zero-order valence-electron chi connectivity index (χ0n) is 20.6. The number of hydrogen-bond acceptors (Lipinski definition) is 5. The van der Waals surface area contributed by atoms with Crippen molar-refractivity contribution in [2.45, 2.75) is 13.3 Å². The van der Waals surface area contributed by atoms with Gasteiger partial charge in [-0.05, 0) is 46.9 Å². The van der Waals surface area contributed by atoms with Crippen LogP contribution in [0.5, 0.6) is 11.6 Å². The van der Waals surface area contributed by atoms with Gasteiger partial charge < -0.3 is 20.1 Å². The van der Waals surface area contributed by atoms with Gasteiger partial charge in [0.2, 0.25) is 11.8 Å². The van der Waals surface area contributed by atoms with Crippen LogP contribution in [0.15, 0.2) is 85.1 Å². The van der Waals surface area contributed by atoms with Crippen molar-refractivity contribution in [1.29, 1.82) is 0 Å². The van der Waals surface area contributed by atoms with Crippen molar-refractivity contribution in [3.8, 4) is 11.6 Å². The Bertz CT molecular complexity index is 1140. The summed E-state index contributed by atoms with van der Waals surface area (Å²) in [5.74, 6) is 0.754. The molecule has 3 aromatic rings. The Labute approximate surface area is 207 Å². The number of nitrogens with one attached hydrogen (secondary N) is 1. The van der Waals surface area contributed by atoms with Gasteiger partial charge in [0.05, 0.1) is 0 Å². The van der Waals surface area contributed by atoms with Crippen LogP contribution in [0.4, 0.5) is 0 Å². The molecule has 0 fully saturated rings. The number of aromatic hydroxyl groups is 1. The van der Waals surface area contributed by atoms with Gasteiger partial charge in [0, 0.05) is 51.1 Å². The SMILES string of the molecule is CC/C(=C(\c1ccc(O)cc1)c1ccc(OCCNC/C=C/C(=O)N(C)C)nc1)c1ccccc1. The molecule has 0 aliphatic carbocycles. The van der Waals surface area contributed by atoms with Gasteiger partial charge in [-0.3, -0.25) is 4.79 Å². The minimum atomic E-state index is -0.0356. The van der Waals surface area contributed by atoms with Gasteiger partial charge in [-0.1, -0.05) is 55.5 Å². The van der Waals surface area contributed by atoms with E-state index >= 15 is 0 Å². The maximum atomic E-state index is 11.5. The molecule has 35 heavy (non-hydrogen) atoms. The van der Waals surface area contributed by atoms with Crippen molar-refractivity contribution in [2.75, 3.05) is 33.8 Å². The number of amides is 1. The summed E-state index contributed by atoms with van der Waals surface area (Å²) in [6.45, 7) is 3.84. The molecular formula is C29H33N3O3. The summed E-state index contributed by atoms with van der Waals surface area (Å²) in [4.78, 5) is 17.6. The third-order valence-electron chi connectivity index (χ3n) is 5.45. The first-order chi connectivity index (χ1) is 17.0. The predicted octanol–water partition coefficient (Wildman–Crippen LogP) is 4.77. The Kier molecular flexibility index (Phi) is 9.63. The van der Waals surface area contributed by atoms with Gasteiger partial charge in [0.25, 0.3) is 0 Å². The van der Waals surface area contributed by atoms with E-state index in [0.717, 1.165) is 28.7 Å². The fourth-order valence-corrected chi connectivity index (χ4v) is 3.64. The molecule has 182 valence electrons. The molecule has 1 amide bonds. The van der Waals surface area contributed by atoms with Crippen LogP contribution in [0.1, 0.15) is 30.0 Å². The van der Waals surface area contributed by atoms with Crippen LogP contribution in [0, 0.1) is 0 Å². The van der Waals surface area contributed by atoms with E-state index in [1.807, 2.05) is 48.7 Å². The minimum Gasteiger partial charge on any atom is -0.508 e. The van der Waals surface area contributed by atoms with Crippen LogP contribution in [0.25, 0.3) is 11.1 Å². The normalized spacial score (nSPS) is 11.9. The summed E-state index contributed by atoms with van der Waals surface area (Å²) in [5, 5.41) is 13.0. The third kappa shape index (κ3) is 7.55. The summed E-state index contributed by atoms with van der Waals surface area (Å²) in [6.07, 6.45) is 6.02. The fraction of sp³-hybridized carbons (Fsp3) is 0.241. The first kappa shape index (κ1) is 25.7. The number of rotatable bonds is 11. The van der Waals surface area contributed by atoms with E-state index in [4.69, 9.17) is 4.74 Å². The number of allylic oxidation sites excluding steroid dienone is 1. The summed E-state index contributed by atoms with van der Waals surface area (Å²) >= 11 is 0. The van der Waals surface area contributed by atoms with E-state index in [1.54, 1.807) is 38.4 Å². The fourth-order valence-electron chi connectivity index (χ4n) is 3.64. The summed E-state index contributed by atoms with van der Waals surface area (Å²) in [6, 6.07) is 21.5. The van der Waals surface area contributed by atoms with Gasteiger partial charge in [-0.25, -0.2) is 4.98 Å². The Balaban J connectivity index is 1.71. The number of likely N-dealkylation sites (N-methyl/N-ethyl adjacent to an activating group) is 1. The molecule has 1 heterocycles. The molecule has 1 aromatic heterocycles. The van der Waals surface area contributed by atoms with Crippen molar-refractivity contribution in [2.24, 2.45) is 0 Å². The van der Waals surface area contributed by atoms with Crippen molar-refractivity contribution >= 4 is 17.1 Å². The van der Waals surface area contributed by atoms with E-state index in [9.17, 15) is 9.90 Å². The first-order valence-corrected chi connectivity index (χ1v) is 11.7. The lowest BCUT2D eigenvalue weighted by Crippen LogP contribution is -2.22. The molecular weight excluding hydrogens is 438 g/mol. The molecule has 0 bridgehead atoms. The highest BCUT2D eigenvalue weighted by atomic mass is 16.5. The van der Waals surface area contributed by atoms with Gasteiger partial charge in [-0.2, -0.15) is 0 Å². The number of nitrogens with zero attached hydrogens (tertiary/aromatic N) is 2. The van der Waals surface area contributed by atoms with Gasteiger partial charge in [0.1, 0.15) is 12.4 Å². The second-order valence-corrected chi connectivity index (χ2v) is 8.19. The summed E-state index contributed by atoms with van der Waals surface area (Å²) in [5.41, 5.74) is 5.45. The molecule has 0 saturated carbocycles.